The zero-order valence-corrected chi connectivity index (χ0v) is 19.7. The van der Waals surface area contributed by atoms with E-state index in [4.69, 9.17) is 0 Å². The number of nitrogens with zero attached hydrogens (tertiary/aromatic N) is 2. The zero-order chi connectivity index (χ0) is 21.0. The molecule has 0 unspecified atom stereocenters. The Kier molecular flexibility index (Phi) is 7.31. The first kappa shape index (κ1) is 22.2. The van der Waals surface area contributed by atoms with Gasteiger partial charge >= 0.3 is 0 Å². The van der Waals surface area contributed by atoms with Crippen LogP contribution in [0.15, 0.2) is 42.5 Å². The molecule has 3 rings (SSSR count). The summed E-state index contributed by atoms with van der Waals surface area (Å²) in [6.07, 6.45) is 0. The predicted molar refractivity (Wildman–Crippen MR) is 125 cm³/mol. The number of anilines is 1. The summed E-state index contributed by atoms with van der Waals surface area (Å²) in [4.78, 5) is 14.9. The Morgan fingerprint density at radius 1 is 1.10 bits per heavy atom. The summed E-state index contributed by atoms with van der Waals surface area (Å²) in [5, 5.41) is 2.98. The van der Waals surface area contributed by atoms with Crippen LogP contribution >= 0.6 is 22.6 Å². The number of hydrogen-bond acceptors (Lipinski definition) is 4. The topological polar surface area (TPSA) is 69.7 Å². The standard InChI is InChI=1S/C21H26IN3O3S/c1-3-29(27,28)25-11-9-24(10-12-25)15-17-5-4-6-18(14-17)21(26)23-20-8-7-19(22)13-16(20)2/h4-8,13-14H,3,9-12,15H2,1-2H3,(H,23,26). The van der Waals surface area contributed by atoms with Gasteiger partial charge in [-0.15, -0.1) is 0 Å². The maximum absolute atomic E-state index is 12.7. The highest BCUT2D eigenvalue weighted by Gasteiger charge is 2.25. The minimum absolute atomic E-state index is 0.130. The van der Waals surface area contributed by atoms with E-state index >= 15 is 0 Å². The molecular weight excluding hydrogens is 501 g/mol. The summed E-state index contributed by atoms with van der Waals surface area (Å²) in [6.45, 7) is 6.77. The molecule has 0 spiro atoms. The van der Waals surface area contributed by atoms with Crippen molar-refractivity contribution < 1.29 is 13.2 Å². The summed E-state index contributed by atoms with van der Waals surface area (Å²) in [5.41, 5.74) is 3.51. The molecule has 0 saturated carbocycles. The second-order valence-electron chi connectivity index (χ2n) is 7.19. The van der Waals surface area contributed by atoms with Gasteiger partial charge in [-0.25, -0.2) is 8.42 Å². The van der Waals surface area contributed by atoms with Gasteiger partial charge in [0.25, 0.3) is 5.91 Å². The molecule has 1 aliphatic heterocycles. The Morgan fingerprint density at radius 2 is 1.83 bits per heavy atom. The molecule has 2 aromatic rings. The molecule has 0 aromatic heterocycles. The number of nitrogens with one attached hydrogen (secondary N) is 1. The number of carbonyl (C=O) groups excluding carboxylic acids is 1. The number of halogens is 1. The van der Waals surface area contributed by atoms with E-state index in [1.807, 2.05) is 49.4 Å². The molecule has 1 N–H and O–H groups in total. The third kappa shape index (κ3) is 5.78. The van der Waals surface area contributed by atoms with Crippen molar-refractivity contribution in [3.8, 4) is 0 Å². The lowest BCUT2D eigenvalue weighted by molar-refractivity contribution is 0.102. The highest BCUT2D eigenvalue weighted by Crippen LogP contribution is 2.19. The first-order valence-corrected chi connectivity index (χ1v) is 12.3. The van der Waals surface area contributed by atoms with Gasteiger partial charge in [-0.2, -0.15) is 4.31 Å². The monoisotopic (exact) mass is 527 g/mol. The normalized spacial score (nSPS) is 16.0. The van der Waals surface area contributed by atoms with Crippen LogP contribution in [-0.4, -0.2) is 55.5 Å². The molecule has 1 saturated heterocycles. The summed E-state index contributed by atoms with van der Waals surface area (Å²) in [6, 6.07) is 13.5. The van der Waals surface area contributed by atoms with E-state index in [2.05, 4.69) is 32.8 Å². The largest absolute Gasteiger partial charge is 0.322 e. The van der Waals surface area contributed by atoms with Gasteiger partial charge in [0.2, 0.25) is 10.0 Å². The molecule has 1 aliphatic rings. The van der Waals surface area contributed by atoms with E-state index in [1.165, 1.54) is 0 Å². The number of benzene rings is 2. The van der Waals surface area contributed by atoms with Gasteiger partial charge < -0.3 is 5.32 Å². The number of rotatable bonds is 6. The van der Waals surface area contributed by atoms with Gasteiger partial charge in [-0.1, -0.05) is 12.1 Å². The van der Waals surface area contributed by atoms with Crippen molar-refractivity contribution in [2.24, 2.45) is 0 Å². The predicted octanol–water partition coefficient (Wildman–Crippen LogP) is 3.32. The Bertz CT molecular complexity index is 986. The lowest BCUT2D eigenvalue weighted by Gasteiger charge is -2.33. The van der Waals surface area contributed by atoms with E-state index in [-0.39, 0.29) is 11.7 Å². The molecule has 6 nitrogen and oxygen atoms in total. The zero-order valence-electron chi connectivity index (χ0n) is 16.7. The molecule has 0 aliphatic carbocycles. The van der Waals surface area contributed by atoms with E-state index in [0.717, 1.165) is 20.4 Å². The van der Waals surface area contributed by atoms with Crippen molar-refractivity contribution in [2.75, 3.05) is 37.2 Å². The second kappa shape index (κ2) is 9.55. The van der Waals surface area contributed by atoms with Gasteiger partial charge in [-0.3, -0.25) is 9.69 Å². The van der Waals surface area contributed by atoms with Gasteiger partial charge in [-0.05, 0) is 77.9 Å². The molecule has 0 bridgehead atoms. The van der Waals surface area contributed by atoms with Gasteiger partial charge in [0.1, 0.15) is 0 Å². The van der Waals surface area contributed by atoms with Crippen molar-refractivity contribution in [1.82, 2.24) is 9.21 Å². The van der Waals surface area contributed by atoms with Crippen LogP contribution in [0.2, 0.25) is 0 Å². The fourth-order valence-electron chi connectivity index (χ4n) is 3.38. The fraction of sp³-hybridized carbons (Fsp3) is 0.381. The molecule has 0 atom stereocenters. The van der Waals surface area contributed by atoms with Crippen LogP contribution in [0.5, 0.6) is 0 Å². The van der Waals surface area contributed by atoms with Crippen LogP contribution in [0.25, 0.3) is 0 Å². The SMILES string of the molecule is CCS(=O)(=O)N1CCN(Cc2cccc(C(=O)Nc3ccc(I)cc3C)c2)CC1. The minimum Gasteiger partial charge on any atom is -0.322 e. The molecule has 29 heavy (non-hydrogen) atoms. The van der Waals surface area contributed by atoms with Gasteiger partial charge in [0, 0.05) is 47.5 Å². The molecule has 1 amide bonds. The Balaban J connectivity index is 1.62. The van der Waals surface area contributed by atoms with Crippen LogP contribution in [-0.2, 0) is 16.6 Å². The Labute approximate surface area is 186 Å². The fourth-order valence-corrected chi connectivity index (χ4v) is 5.11. The second-order valence-corrected chi connectivity index (χ2v) is 10.7. The summed E-state index contributed by atoms with van der Waals surface area (Å²) in [7, 11) is -3.12. The van der Waals surface area contributed by atoms with Crippen LogP contribution in [0.1, 0.15) is 28.4 Å². The lowest BCUT2D eigenvalue weighted by atomic mass is 10.1. The van der Waals surface area contributed by atoms with Crippen LogP contribution in [0.4, 0.5) is 5.69 Å². The molecule has 0 radical (unpaired) electrons. The average Bonchev–Trinajstić information content (AvgIpc) is 2.70. The third-order valence-electron chi connectivity index (χ3n) is 5.12. The summed E-state index contributed by atoms with van der Waals surface area (Å²) >= 11 is 2.25. The van der Waals surface area contributed by atoms with E-state index in [1.54, 1.807) is 11.2 Å². The van der Waals surface area contributed by atoms with Crippen molar-refractivity contribution >= 4 is 44.2 Å². The quantitative estimate of drug-likeness (QED) is 0.586. The molecular formula is C21H26IN3O3S. The van der Waals surface area contributed by atoms with Gasteiger partial charge in [0.05, 0.1) is 5.75 Å². The minimum atomic E-state index is -3.12. The molecule has 1 fully saturated rings. The molecule has 2 aromatic carbocycles. The van der Waals surface area contributed by atoms with Crippen LogP contribution in [0.3, 0.4) is 0 Å². The third-order valence-corrected chi connectivity index (χ3v) is 7.67. The smallest absolute Gasteiger partial charge is 0.255 e. The average molecular weight is 527 g/mol. The first-order valence-electron chi connectivity index (χ1n) is 9.65. The first-order chi connectivity index (χ1) is 13.8. The molecule has 8 heteroatoms. The maximum Gasteiger partial charge on any atom is 0.255 e. The van der Waals surface area contributed by atoms with Gasteiger partial charge in [0.15, 0.2) is 0 Å². The van der Waals surface area contributed by atoms with Crippen LogP contribution in [0, 0.1) is 10.5 Å². The van der Waals surface area contributed by atoms with Crippen molar-refractivity contribution in [3.05, 3.63) is 62.7 Å². The number of piperazine rings is 1. The summed E-state index contributed by atoms with van der Waals surface area (Å²) < 4.78 is 26.7. The number of aryl methyl sites for hydroxylation is 1. The highest BCUT2D eigenvalue weighted by atomic mass is 127. The number of sulfonamides is 1. The van der Waals surface area contributed by atoms with E-state index < -0.39 is 10.0 Å². The summed E-state index contributed by atoms with van der Waals surface area (Å²) in [5.74, 6) is 0.0134. The highest BCUT2D eigenvalue weighted by molar-refractivity contribution is 14.1. The maximum atomic E-state index is 12.7. The Morgan fingerprint density at radius 3 is 2.48 bits per heavy atom. The molecule has 1 heterocycles. The van der Waals surface area contributed by atoms with Crippen LogP contribution < -0.4 is 5.32 Å². The van der Waals surface area contributed by atoms with E-state index in [0.29, 0.717) is 38.3 Å². The lowest BCUT2D eigenvalue weighted by Crippen LogP contribution is -2.48. The van der Waals surface area contributed by atoms with E-state index in [9.17, 15) is 13.2 Å². The number of hydrogen-bond donors (Lipinski definition) is 1. The van der Waals surface area contributed by atoms with Crippen molar-refractivity contribution in [1.29, 1.82) is 0 Å². The Hall–Kier alpha value is -1.49. The van der Waals surface area contributed by atoms with Crippen molar-refractivity contribution in [3.63, 3.8) is 0 Å². The number of carbonyl (C=O) groups is 1. The molecule has 156 valence electrons. The number of amides is 1. The van der Waals surface area contributed by atoms with Crippen molar-refractivity contribution in [2.45, 2.75) is 20.4 Å².